The molecule has 0 aliphatic heterocycles. The number of carbonyl (C=O) groups is 1. The molecule has 12 heavy (non-hydrogen) atoms. The lowest BCUT2D eigenvalue weighted by Gasteiger charge is -2.08. The average molecular weight is 167 g/mol. The molecule has 0 amide bonds. The number of aromatic nitrogens is 2. The van der Waals surface area contributed by atoms with Crippen molar-refractivity contribution in [1.29, 1.82) is 0 Å². The molecule has 2 N–H and O–H groups in total. The van der Waals surface area contributed by atoms with Gasteiger partial charge in [0.1, 0.15) is 6.04 Å². The van der Waals surface area contributed by atoms with Crippen LogP contribution >= 0.6 is 0 Å². The second-order valence-electron chi connectivity index (χ2n) is 2.34. The number of aliphatic carboxylic acids is 1. The molecule has 1 atom stereocenters. The fourth-order valence-electron chi connectivity index (χ4n) is 0.688. The summed E-state index contributed by atoms with van der Waals surface area (Å²) in [7, 11) is 0. The molecule has 1 aromatic rings. The molecule has 64 valence electrons. The normalized spacial score (nSPS) is 12.1. The first-order chi connectivity index (χ1) is 5.70. The number of nitrogens with one attached hydrogen (secondary N) is 1. The van der Waals surface area contributed by atoms with E-state index >= 15 is 0 Å². The van der Waals surface area contributed by atoms with Gasteiger partial charge in [-0.15, -0.1) is 0 Å². The second kappa shape index (κ2) is 3.66. The standard InChI is InChI=1S/C7H9N3O2/c1-5(7(11)12)10-6-2-3-8-9-4-6/h2-5H,1H3,(H,8,10)(H,11,12). The zero-order valence-corrected chi connectivity index (χ0v) is 6.56. The number of nitrogens with zero attached hydrogens (tertiary/aromatic N) is 2. The number of rotatable bonds is 3. The summed E-state index contributed by atoms with van der Waals surface area (Å²) < 4.78 is 0. The zero-order chi connectivity index (χ0) is 8.97. The molecule has 0 aromatic carbocycles. The van der Waals surface area contributed by atoms with Crippen LogP contribution in [0.1, 0.15) is 6.92 Å². The van der Waals surface area contributed by atoms with Gasteiger partial charge in [-0.25, -0.2) is 0 Å². The third kappa shape index (κ3) is 2.19. The largest absolute Gasteiger partial charge is 0.480 e. The molecule has 1 unspecified atom stereocenters. The van der Waals surface area contributed by atoms with Gasteiger partial charge in [-0.05, 0) is 13.0 Å². The van der Waals surface area contributed by atoms with Crippen molar-refractivity contribution >= 4 is 11.7 Å². The van der Waals surface area contributed by atoms with E-state index in [4.69, 9.17) is 5.11 Å². The highest BCUT2D eigenvalue weighted by Gasteiger charge is 2.09. The van der Waals surface area contributed by atoms with Gasteiger partial charge >= 0.3 is 5.97 Å². The molecular weight excluding hydrogens is 158 g/mol. The van der Waals surface area contributed by atoms with Crippen molar-refractivity contribution in [1.82, 2.24) is 10.2 Å². The van der Waals surface area contributed by atoms with Crippen LogP contribution in [0.5, 0.6) is 0 Å². The van der Waals surface area contributed by atoms with E-state index in [0.29, 0.717) is 5.69 Å². The predicted octanol–water partition coefficient (Wildman–Crippen LogP) is 0.362. The first-order valence-corrected chi connectivity index (χ1v) is 3.46. The molecular formula is C7H9N3O2. The van der Waals surface area contributed by atoms with Crippen molar-refractivity contribution in [2.45, 2.75) is 13.0 Å². The number of carboxylic acid groups (broad SMARTS) is 1. The van der Waals surface area contributed by atoms with Crippen LogP contribution in [0, 0.1) is 0 Å². The van der Waals surface area contributed by atoms with Crippen molar-refractivity contribution in [3.05, 3.63) is 18.5 Å². The van der Waals surface area contributed by atoms with Gasteiger partial charge in [0.2, 0.25) is 0 Å². The van der Waals surface area contributed by atoms with E-state index in [1.807, 2.05) is 0 Å². The zero-order valence-electron chi connectivity index (χ0n) is 6.56. The third-order valence-corrected chi connectivity index (χ3v) is 1.34. The third-order valence-electron chi connectivity index (χ3n) is 1.34. The van der Waals surface area contributed by atoms with Crippen LogP contribution in [0.25, 0.3) is 0 Å². The summed E-state index contributed by atoms with van der Waals surface area (Å²) in [5.41, 5.74) is 0.653. The molecule has 0 spiro atoms. The van der Waals surface area contributed by atoms with Crippen molar-refractivity contribution in [3.63, 3.8) is 0 Å². The van der Waals surface area contributed by atoms with Gasteiger partial charge in [0, 0.05) is 0 Å². The first kappa shape index (κ1) is 8.45. The second-order valence-corrected chi connectivity index (χ2v) is 2.34. The SMILES string of the molecule is CC(Nc1ccnnc1)C(=O)O. The van der Waals surface area contributed by atoms with Gasteiger partial charge in [0.25, 0.3) is 0 Å². The lowest BCUT2D eigenvalue weighted by molar-refractivity contribution is -0.137. The molecule has 0 saturated heterocycles. The predicted molar refractivity (Wildman–Crippen MR) is 42.8 cm³/mol. The Bertz CT molecular complexity index is 263. The molecule has 5 heteroatoms. The maximum Gasteiger partial charge on any atom is 0.325 e. The minimum Gasteiger partial charge on any atom is -0.480 e. The van der Waals surface area contributed by atoms with E-state index in [1.165, 1.54) is 12.4 Å². The summed E-state index contributed by atoms with van der Waals surface area (Å²) in [5.74, 6) is -0.896. The highest BCUT2D eigenvalue weighted by molar-refractivity contribution is 5.76. The Morgan fingerprint density at radius 2 is 2.42 bits per heavy atom. The van der Waals surface area contributed by atoms with Crippen molar-refractivity contribution in [3.8, 4) is 0 Å². The monoisotopic (exact) mass is 167 g/mol. The van der Waals surface area contributed by atoms with Crippen LogP contribution in [0.4, 0.5) is 5.69 Å². The maximum absolute atomic E-state index is 10.4. The van der Waals surface area contributed by atoms with Gasteiger partial charge < -0.3 is 10.4 Å². The first-order valence-electron chi connectivity index (χ1n) is 3.46. The summed E-state index contributed by atoms with van der Waals surface area (Å²) in [6, 6.07) is 1.04. The highest BCUT2D eigenvalue weighted by Crippen LogP contribution is 2.03. The molecule has 0 saturated carbocycles. The molecule has 5 nitrogen and oxygen atoms in total. The van der Waals surface area contributed by atoms with Crippen LogP contribution < -0.4 is 5.32 Å². The molecule has 0 fully saturated rings. The number of carboxylic acids is 1. The summed E-state index contributed by atoms with van der Waals surface area (Å²) >= 11 is 0. The van der Waals surface area contributed by atoms with Crippen molar-refractivity contribution < 1.29 is 9.90 Å². The van der Waals surface area contributed by atoms with Crippen LogP contribution in [0.15, 0.2) is 18.5 Å². The molecule has 1 rings (SSSR count). The lowest BCUT2D eigenvalue weighted by atomic mass is 10.3. The summed E-state index contributed by atoms with van der Waals surface area (Å²) in [6.07, 6.45) is 2.97. The number of anilines is 1. The number of hydrogen-bond donors (Lipinski definition) is 2. The van der Waals surface area contributed by atoms with Crippen LogP contribution in [-0.4, -0.2) is 27.3 Å². The molecule has 0 bridgehead atoms. The van der Waals surface area contributed by atoms with Gasteiger partial charge in [0.15, 0.2) is 0 Å². The molecule has 0 radical (unpaired) electrons. The van der Waals surface area contributed by atoms with Crippen LogP contribution in [0.2, 0.25) is 0 Å². The van der Waals surface area contributed by atoms with Crippen molar-refractivity contribution in [2.75, 3.05) is 5.32 Å². The van der Waals surface area contributed by atoms with Crippen LogP contribution in [0.3, 0.4) is 0 Å². The quantitative estimate of drug-likeness (QED) is 0.679. The van der Waals surface area contributed by atoms with Crippen molar-refractivity contribution in [2.24, 2.45) is 0 Å². The minimum atomic E-state index is -0.896. The summed E-state index contributed by atoms with van der Waals surface area (Å²) in [4.78, 5) is 10.4. The molecule has 0 aliphatic rings. The van der Waals surface area contributed by atoms with Gasteiger partial charge in [-0.2, -0.15) is 10.2 Å². The van der Waals surface area contributed by atoms with E-state index in [2.05, 4.69) is 15.5 Å². The Morgan fingerprint density at radius 3 is 2.92 bits per heavy atom. The average Bonchev–Trinajstić information content (AvgIpc) is 2.06. The maximum atomic E-state index is 10.4. The summed E-state index contributed by atoms with van der Waals surface area (Å²) in [6.45, 7) is 1.56. The van der Waals surface area contributed by atoms with E-state index in [0.717, 1.165) is 0 Å². The Kier molecular flexibility index (Phi) is 2.57. The lowest BCUT2D eigenvalue weighted by Crippen LogP contribution is -2.25. The smallest absolute Gasteiger partial charge is 0.325 e. The molecule has 1 heterocycles. The Balaban J connectivity index is 2.58. The minimum absolute atomic E-state index is 0.616. The topological polar surface area (TPSA) is 75.1 Å². The molecule has 0 aliphatic carbocycles. The highest BCUT2D eigenvalue weighted by atomic mass is 16.4. The van der Waals surface area contributed by atoms with E-state index < -0.39 is 12.0 Å². The van der Waals surface area contributed by atoms with Gasteiger partial charge in [-0.1, -0.05) is 0 Å². The van der Waals surface area contributed by atoms with E-state index in [9.17, 15) is 4.79 Å². The Morgan fingerprint density at radius 1 is 1.67 bits per heavy atom. The van der Waals surface area contributed by atoms with Crippen LogP contribution in [-0.2, 0) is 4.79 Å². The fourth-order valence-corrected chi connectivity index (χ4v) is 0.688. The molecule has 1 aromatic heterocycles. The van der Waals surface area contributed by atoms with Gasteiger partial charge in [-0.3, -0.25) is 4.79 Å². The Hall–Kier alpha value is -1.65. The van der Waals surface area contributed by atoms with Gasteiger partial charge in [0.05, 0.1) is 18.1 Å². The van der Waals surface area contributed by atoms with E-state index in [1.54, 1.807) is 13.0 Å². The number of hydrogen-bond acceptors (Lipinski definition) is 4. The fraction of sp³-hybridized carbons (Fsp3) is 0.286. The summed E-state index contributed by atoms with van der Waals surface area (Å²) in [5, 5.41) is 18.4. The Labute approximate surface area is 69.4 Å². The van der Waals surface area contributed by atoms with E-state index in [-0.39, 0.29) is 0 Å².